The number of hydrogen-bond acceptors (Lipinski definition) is 4. The predicted molar refractivity (Wildman–Crippen MR) is 98.7 cm³/mol. The van der Waals surface area contributed by atoms with Crippen LogP contribution < -0.4 is 4.90 Å². The summed E-state index contributed by atoms with van der Waals surface area (Å²) in [5.74, 6) is 1.28. The molecule has 2 aromatic rings. The van der Waals surface area contributed by atoms with Crippen LogP contribution in [0.15, 0.2) is 48.7 Å². The fourth-order valence-electron chi connectivity index (χ4n) is 3.05. The Labute approximate surface area is 149 Å². The zero-order valence-electron chi connectivity index (χ0n) is 14.9. The quantitative estimate of drug-likeness (QED) is 0.812. The lowest BCUT2D eigenvalue weighted by molar-refractivity contribution is 0.0733. The van der Waals surface area contributed by atoms with Gasteiger partial charge in [0.05, 0.1) is 13.2 Å². The molecule has 0 saturated carbocycles. The van der Waals surface area contributed by atoms with Gasteiger partial charge in [-0.2, -0.15) is 0 Å². The average molecular weight is 339 g/mol. The smallest absolute Gasteiger partial charge is 0.254 e. The van der Waals surface area contributed by atoms with E-state index in [0.717, 1.165) is 25.3 Å². The van der Waals surface area contributed by atoms with E-state index in [1.54, 1.807) is 12.3 Å². The Kier molecular flexibility index (Phi) is 5.66. The van der Waals surface area contributed by atoms with Crippen molar-refractivity contribution < 1.29 is 9.53 Å². The summed E-state index contributed by atoms with van der Waals surface area (Å²) in [7, 11) is 3.85. The highest BCUT2D eigenvalue weighted by Crippen LogP contribution is 2.20. The van der Waals surface area contributed by atoms with Crippen LogP contribution in [0.2, 0.25) is 0 Å². The number of amides is 1. The first kappa shape index (κ1) is 17.4. The van der Waals surface area contributed by atoms with E-state index in [-0.39, 0.29) is 5.91 Å². The third kappa shape index (κ3) is 4.57. The van der Waals surface area contributed by atoms with Gasteiger partial charge in [0.1, 0.15) is 5.82 Å². The second kappa shape index (κ2) is 8.12. The van der Waals surface area contributed by atoms with Crippen molar-refractivity contribution in [2.45, 2.75) is 13.0 Å². The summed E-state index contributed by atoms with van der Waals surface area (Å²) in [6.45, 7) is 2.87. The summed E-state index contributed by atoms with van der Waals surface area (Å²) in [4.78, 5) is 20.8. The molecule has 0 aliphatic carbocycles. The van der Waals surface area contributed by atoms with E-state index in [0.29, 0.717) is 24.7 Å². The van der Waals surface area contributed by atoms with Crippen LogP contribution in [0.25, 0.3) is 0 Å². The lowest BCUT2D eigenvalue weighted by atomic mass is 10.1. The van der Waals surface area contributed by atoms with Crippen molar-refractivity contribution in [3.05, 3.63) is 59.8 Å². The van der Waals surface area contributed by atoms with Gasteiger partial charge in [-0.1, -0.05) is 30.3 Å². The van der Waals surface area contributed by atoms with Gasteiger partial charge in [0.25, 0.3) is 5.91 Å². The minimum absolute atomic E-state index is 0.0797. The lowest BCUT2D eigenvalue weighted by Gasteiger charge is -2.18. The second-order valence-electron chi connectivity index (χ2n) is 6.70. The molecule has 1 fully saturated rings. The SMILES string of the molecule is CN(C)c1cc(C(=O)N2CC[C@H](COCc3ccccc3)C2)ccn1. The Morgan fingerprint density at radius 2 is 2.08 bits per heavy atom. The third-order valence-electron chi connectivity index (χ3n) is 4.49. The molecule has 0 unspecified atom stereocenters. The Bertz CT molecular complexity index is 703. The Hall–Kier alpha value is -2.40. The number of ether oxygens (including phenoxy) is 1. The van der Waals surface area contributed by atoms with Gasteiger partial charge in [-0.3, -0.25) is 4.79 Å². The highest BCUT2D eigenvalue weighted by molar-refractivity contribution is 5.95. The average Bonchev–Trinajstić information content (AvgIpc) is 3.11. The highest BCUT2D eigenvalue weighted by Gasteiger charge is 2.27. The van der Waals surface area contributed by atoms with Crippen LogP contribution in [0, 0.1) is 5.92 Å². The molecular formula is C20H25N3O2. The first-order chi connectivity index (χ1) is 12.1. The normalized spacial score (nSPS) is 16.9. The summed E-state index contributed by atoms with van der Waals surface area (Å²) in [6, 6.07) is 13.8. The summed E-state index contributed by atoms with van der Waals surface area (Å²) in [5, 5.41) is 0. The Morgan fingerprint density at radius 3 is 2.84 bits per heavy atom. The molecule has 1 aromatic heterocycles. The number of rotatable bonds is 6. The van der Waals surface area contributed by atoms with Gasteiger partial charge in [-0.15, -0.1) is 0 Å². The molecule has 1 atom stereocenters. The van der Waals surface area contributed by atoms with Gasteiger partial charge in [-0.25, -0.2) is 4.98 Å². The van der Waals surface area contributed by atoms with Crippen LogP contribution in [0.3, 0.4) is 0 Å². The van der Waals surface area contributed by atoms with Crippen molar-refractivity contribution >= 4 is 11.7 Å². The molecule has 0 spiro atoms. The van der Waals surface area contributed by atoms with Gasteiger partial charge in [0.15, 0.2) is 0 Å². The number of pyridine rings is 1. The van der Waals surface area contributed by atoms with E-state index in [1.807, 2.05) is 48.2 Å². The first-order valence-corrected chi connectivity index (χ1v) is 8.68. The number of anilines is 1. The summed E-state index contributed by atoms with van der Waals surface area (Å²) < 4.78 is 5.83. The van der Waals surface area contributed by atoms with Crippen LogP contribution in [0.1, 0.15) is 22.3 Å². The number of likely N-dealkylation sites (tertiary alicyclic amines) is 1. The number of carbonyl (C=O) groups excluding carboxylic acids is 1. The molecule has 3 rings (SSSR count). The van der Waals surface area contributed by atoms with Crippen molar-refractivity contribution in [3.8, 4) is 0 Å². The largest absolute Gasteiger partial charge is 0.376 e. The first-order valence-electron chi connectivity index (χ1n) is 8.68. The van der Waals surface area contributed by atoms with E-state index in [9.17, 15) is 4.79 Å². The van der Waals surface area contributed by atoms with Crippen molar-refractivity contribution in [1.82, 2.24) is 9.88 Å². The Morgan fingerprint density at radius 1 is 1.28 bits per heavy atom. The number of benzene rings is 1. The number of hydrogen-bond donors (Lipinski definition) is 0. The van der Waals surface area contributed by atoms with Crippen LogP contribution in [-0.2, 0) is 11.3 Å². The summed E-state index contributed by atoms with van der Waals surface area (Å²) in [6.07, 6.45) is 2.69. The molecule has 5 heteroatoms. The molecule has 132 valence electrons. The minimum atomic E-state index is 0.0797. The zero-order chi connectivity index (χ0) is 17.6. The van der Waals surface area contributed by atoms with E-state index in [1.165, 1.54) is 5.56 Å². The van der Waals surface area contributed by atoms with Gasteiger partial charge >= 0.3 is 0 Å². The molecular weight excluding hydrogens is 314 g/mol. The molecule has 0 N–H and O–H groups in total. The lowest BCUT2D eigenvalue weighted by Crippen LogP contribution is -2.29. The molecule has 1 aromatic carbocycles. The zero-order valence-corrected chi connectivity index (χ0v) is 14.9. The highest BCUT2D eigenvalue weighted by atomic mass is 16.5. The number of carbonyl (C=O) groups is 1. The molecule has 2 heterocycles. The van der Waals surface area contributed by atoms with E-state index >= 15 is 0 Å². The maximum atomic E-state index is 12.7. The fourth-order valence-corrected chi connectivity index (χ4v) is 3.05. The van der Waals surface area contributed by atoms with Crippen molar-refractivity contribution in [3.63, 3.8) is 0 Å². The van der Waals surface area contributed by atoms with Gasteiger partial charge in [0.2, 0.25) is 0 Å². The molecule has 0 bridgehead atoms. The van der Waals surface area contributed by atoms with Crippen molar-refractivity contribution in [2.75, 3.05) is 38.7 Å². The second-order valence-corrected chi connectivity index (χ2v) is 6.70. The molecule has 1 aliphatic rings. The van der Waals surface area contributed by atoms with Crippen LogP contribution in [-0.4, -0.2) is 49.6 Å². The van der Waals surface area contributed by atoms with E-state index in [4.69, 9.17) is 4.74 Å². The summed E-state index contributed by atoms with van der Waals surface area (Å²) >= 11 is 0. The monoisotopic (exact) mass is 339 g/mol. The van der Waals surface area contributed by atoms with Gasteiger partial charge < -0.3 is 14.5 Å². The maximum Gasteiger partial charge on any atom is 0.254 e. The molecule has 1 aliphatic heterocycles. The maximum absolute atomic E-state index is 12.7. The van der Waals surface area contributed by atoms with Crippen LogP contribution in [0.5, 0.6) is 0 Å². The minimum Gasteiger partial charge on any atom is -0.376 e. The van der Waals surface area contributed by atoms with E-state index < -0.39 is 0 Å². The molecule has 5 nitrogen and oxygen atoms in total. The molecule has 1 amide bonds. The van der Waals surface area contributed by atoms with Gasteiger partial charge in [-0.05, 0) is 24.1 Å². The predicted octanol–water partition coefficient (Wildman–Crippen LogP) is 2.83. The molecule has 25 heavy (non-hydrogen) atoms. The topological polar surface area (TPSA) is 45.7 Å². The molecule has 0 radical (unpaired) electrons. The van der Waals surface area contributed by atoms with E-state index in [2.05, 4.69) is 17.1 Å². The number of aromatic nitrogens is 1. The molecule has 1 saturated heterocycles. The summed E-state index contributed by atoms with van der Waals surface area (Å²) in [5.41, 5.74) is 1.88. The third-order valence-corrected chi connectivity index (χ3v) is 4.49. The Balaban J connectivity index is 1.50. The number of nitrogens with zero attached hydrogens (tertiary/aromatic N) is 3. The van der Waals surface area contributed by atoms with Gasteiger partial charge in [0, 0.05) is 44.9 Å². The standard InChI is InChI=1S/C20H25N3O2/c1-22(2)19-12-18(8-10-21-19)20(24)23-11-9-17(13-23)15-25-14-16-6-4-3-5-7-16/h3-8,10,12,17H,9,11,13-15H2,1-2H3/t17-/m0/s1. The van der Waals surface area contributed by atoms with Crippen LogP contribution >= 0.6 is 0 Å². The fraction of sp³-hybridized carbons (Fsp3) is 0.400. The van der Waals surface area contributed by atoms with Crippen molar-refractivity contribution in [1.29, 1.82) is 0 Å². The van der Waals surface area contributed by atoms with Crippen LogP contribution in [0.4, 0.5) is 5.82 Å². The van der Waals surface area contributed by atoms with Crippen molar-refractivity contribution in [2.24, 2.45) is 5.92 Å².